The molecular formula is C29H34N6. The van der Waals surface area contributed by atoms with Gasteiger partial charge in [0, 0.05) is 31.9 Å². The predicted molar refractivity (Wildman–Crippen MR) is 139 cm³/mol. The van der Waals surface area contributed by atoms with Gasteiger partial charge in [0.1, 0.15) is 5.82 Å². The molecule has 0 bridgehead atoms. The van der Waals surface area contributed by atoms with Gasteiger partial charge in [0.2, 0.25) is 0 Å². The number of hydrogen-bond donors (Lipinski definition) is 3. The predicted octanol–water partition coefficient (Wildman–Crippen LogP) is 4.75. The van der Waals surface area contributed by atoms with Crippen LogP contribution in [0, 0.1) is 0 Å². The number of fused-ring (bicyclic) bond motifs is 2. The second-order valence-electron chi connectivity index (χ2n) is 10.0. The molecule has 2 aliphatic carbocycles. The molecule has 0 amide bonds. The van der Waals surface area contributed by atoms with E-state index < -0.39 is 0 Å². The molecule has 1 fully saturated rings. The number of nitrogens with zero attached hydrogens (tertiary/aromatic N) is 3. The van der Waals surface area contributed by atoms with Crippen molar-refractivity contribution in [1.82, 2.24) is 25.2 Å². The number of hydrogen-bond acceptors (Lipinski definition) is 5. The summed E-state index contributed by atoms with van der Waals surface area (Å²) >= 11 is 0. The van der Waals surface area contributed by atoms with Crippen LogP contribution in [0.1, 0.15) is 65.5 Å². The third-order valence-corrected chi connectivity index (χ3v) is 7.43. The maximum Gasteiger partial charge on any atom is 0.121 e. The highest BCUT2D eigenvalue weighted by Crippen LogP contribution is 2.35. The Morgan fingerprint density at radius 1 is 1.00 bits per heavy atom. The first-order chi connectivity index (χ1) is 17.3. The molecule has 6 nitrogen and oxygen atoms in total. The highest BCUT2D eigenvalue weighted by atomic mass is 15.2. The molecule has 1 unspecified atom stereocenters. The summed E-state index contributed by atoms with van der Waals surface area (Å²) in [4.78, 5) is 15.8. The minimum atomic E-state index is 0.259. The van der Waals surface area contributed by atoms with E-state index >= 15 is 0 Å². The Bertz CT molecular complexity index is 1270. The van der Waals surface area contributed by atoms with Crippen molar-refractivity contribution in [2.75, 3.05) is 0 Å². The molecule has 0 spiro atoms. The van der Waals surface area contributed by atoms with Crippen LogP contribution in [0.4, 0.5) is 0 Å². The van der Waals surface area contributed by atoms with Crippen LogP contribution in [-0.2, 0) is 32.6 Å². The maximum atomic E-state index is 6.25. The van der Waals surface area contributed by atoms with E-state index in [1.165, 1.54) is 47.2 Å². The van der Waals surface area contributed by atoms with E-state index in [1.807, 2.05) is 12.3 Å². The summed E-state index contributed by atoms with van der Waals surface area (Å²) in [5.41, 5.74) is 14.8. The van der Waals surface area contributed by atoms with Gasteiger partial charge in [-0.15, -0.1) is 0 Å². The van der Waals surface area contributed by atoms with E-state index in [1.54, 1.807) is 0 Å². The van der Waals surface area contributed by atoms with Crippen molar-refractivity contribution >= 4 is 11.0 Å². The fourth-order valence-electron chi connectivity index (χ4n) is 5.39. The molecule has 0 saturated heterocycles. The van der Waals surface area contributed by atoms with Gasteiger partial charge in [-0.25, -0.2) is 4.98 Å². The van der Waals surface area contributed by atoms with Crippen molar-refractivity contribution in [3.8, 4) is 0 Å². The Hall–Kier alpha value is -3.06. The number of para-hydroxylation sites is 2. The van der Waals surface area contributed by atoms with Gasteiger partial charge < -0.3 is 16.0 Å². The summed E-state index contributed by atoms with van der Waals surface area (Å²) in [6, 6.07) is 20.3. The summed E-state index contributed by atoms with van der Waals surface area (Å²) in [6.45, 7) is 3.02. The lowest BCUT2D eigenvalue weighted by molar-refractivity contribution is 0.153. The molecule has 0 radical (unpaired) electrons. The zero-order valence-corrected chi connectivity index (χ0v) is 20.2. The van der Waals surface area contributed by atoms with Gasteiger partial charge in [0.05, 0.1) is 29.3 Å². The van der Waals surface area contributed by atoms with E-state index in [-0.39, 0.29) is 6.04 Å². The molecule has 4 N–H and O–H groups in total. The van der Waals surface area contributed by atoms with Crippen LogP contribution in [-0.4, -0.2) is 25.9 Å². The number of nitrogens with one attached hydrogen (secondary N) is 2. The third kappa shape index (κ3) is 5.01. The minimum absolute atomic E-state index is 0.259. The van der Waals surface area contributed by atoms with E-state index in [4.69, 9.17) is 15.7 Å². The zero-order chi connectivity index (χ0) is 23.6. The Labute approximate surface area is 207 Å². The van der Waals surface area contributed by atoms with Gasteiger partial charge >= 0.3 is 0 Å². The van der Waals surface area contributed by atoms with Crippen molar-refractivity contribution in [2.45, 2.75) is 70.4 Å². The number of benzene rings is 2. The quantitative estimate of drug-likeness (QED) is 0.332. The van der Waals surface area contributed by atoms with Crippen LogP contribution in [0.15, 0.2) is 60.8 Å². The molecule has 4 aromatic rings. The van der Waals surface area contributed by atoms with Crippen LogP contribution < -0.4 is 11.1 Å². The molecule has 2 heterocycles. The summed E-state index contributed by atoms with van der Waals surface area (Å²) in [6.07, 6.45) is 7.92. The first kappa shape index (κ1) is 22.4. The van der Waals surface area contributed by atoms with Crippen molar-refractivity contribution in [1.29, 1.82) is 0 Å². The Kier molecular flexibility index (Phi) is 6.34. The molecule has 1 saturated carbocycles. The molecule has 6 heteroatoms. The van der Waals surface area contributed by atoms with E-state index in [2.05, 4.69) is 63.7 Å². The summed E-state index contributed by atoms with van der Waals surface area (Å²) in [7, 11) is 0. The van der Waals surface area contributed by atoms with E-state index in [0.717, 1.165) is 49.3 Å². The summed E-state index contributed by atoms with van der Waals surface area (Å²) in [5, 5.41) is 3.62. The second kappa shape index (κ2) is 9.90. The molecular weight excluding hydrogens is 432 g/mol. The standard InChI is InChI=1S/C29H34N6/c30-16-23-15-20(17-32-24-12-13-24)10-11-22(23)18-35(19-28-33-25-7-1-2-8-26(25)34-28)27-9-3-5-21-6-4-14-31-29(21)27/h1-2,4,6-8,10-11,14-15,24,27,32H,3,5,9,12-13,16-19,30H2,(H,33,34). The maximum absolute atomic E-state index is 6.25. The molecule has 6 rings (SSSR count). The lowest BCUT2D eigenvalue weighted by Crippen LogP contribution is -2.32. The van der Waals surface area contributed by atoms with Crippen LogP contribution in [0.3, 0.4) is 0 Å². The van der Waals surface area contributed by atoms with Gasteiger partial charge in [-0.3, -0.25) is 9.88 Å². The van der Waals surface area contributed by atoms with Gasteiger partial charge in [-0.1, -0.05) is 36.4 Å². The lowest BCUT2D eigenvalue weighted by atomic mass is 9.90. The Balaban J connectivity index is 1.31. The molecule has 35 heavy (non-hydrogen) atoms. The van der Waals surface area contributed by atoms with Gasteiger partial charge in [-0.05, 0) is 72.6 Å². The largest absolute Gasteiger partial charge is 0.341 e. The first-order valence-corrected chi connectivity index (χ1v) is 12.9. The molecule has 2 aromatic heterocycles. The summed E-state index contributed by atoms with van der Waals surface area (Å²) < 4.78 is 0. The van der Waals surface area contributed by atoms with Crippen LogP contribution >= 0.6 is 0 Å². The number of nitrogens with two attached hydrogens (primary N) is 1. The number of rotatable bonds is 9. The number of H-pyrrole nitrogens is 1. The van der Waals surface area contributed by atoms with E-state index in [9.17, 15) is 0 Å². The highest BCUT2D eigenvalue weighted by Gasteiger charge is 2.28. The zero-order valence-electron chi connectivity index (χ0n) is 20.2. The van der Waals surface area contributed by atoms with E-state index in [0.29, 0.717) is 12.6 Å². The average molecular weight is 467 g/mol. The molecule has 180 valence electrons. The number of aromatic amines is 1. The molecule has 0 aliphatic heterocycles. The molecule has 2 aromatic carbocycles. The van der Waals surface area contributed by atoms with Crippen LogP contribution in [0.25, 0.3) is 11.0 Å². The van der Waals surface area contributed by atoms with Crippen molar-refractivity contribution in [3.05, 3.63) is 94.6 Å². The first-order valence-electron chi connectivity index (χ1n) is 12.9. The molecule has 1 atom stereocenters. The topological polar surface area (TPSA) is 82.9 Å². The number of pyridine rings is 1. The van der Waals surface area contributed by atoms with Crippen molar-refractivity contribution < 1.29 is 0 Å². The molecule has 2 aliphatic rings. The van der Waals surface area contributed by atoms with Crippen molar-refractivity contribution in [2.24, 2.45) is 5.73 Å². The van der Waals surface area contributed by atoms with Gasteiger partial charge in [-0.2, -0.15) is 0 Å². The third-order valence-electron chi connectivity index (χ3n) is 7.43. The number of aryl methyl sites for hydroxylation is 1. The Morgan fingerprint density at radius 3 is 2.77 bits per heavy atom. The smallest absolute Gasteiger partial charge is 0.121 e. The van der Waals surface area contributed by atoms with Crippen molar-refractivity contribution in [3.63, 3.8) is 0 Å². The highest BCUT2D eigenvalue weighted by molar-refractivity contribution is 5.74. The van der Waals surface area contributed by atoms with Gasteiger partial charge in [0.25, 0.3) is 0 Å². The Morgan fingerprint density at radius 2 is 1.91 bits per heavy atom. The normalized spacial score (nSPS) is 17.7. The van der Waals surface area contributed by atoms with Crippen LogP contribution in [0.5, 0.6) is 0 Å². The number of aromatic nitrogens is 3. The lowest BCUT2D eigenvalue weighted by Gasteiger charge is -2.35. The fraction of sp³-hybridized carbons (Fsp3) is 0.379. The average Bonchev–Trinajstić information content (AvgIpc) is 3.64. The number of imidazole rings is 1. The fourth-order valence-corrected chi connectivity index (χ4v) is 5.39. The summed E-state index contributed by atoms with van der Waals surface area (Å²) in [5.74, 6) is 0.994. The SMILES string of the molecule is NCc1cc(CNC2CC2)ccc1CN(Cc1nc2ccccc2[nH]1)C1CCCc2cccnc21. The van der Waals surface area contributed by atoms with Crippen LogP contribution in [0.2, 0.25) is 0 Å². The minimum Gasteiger partial charge on any atom is -0.341 e. The second-order valence-corrected chi connectivity index (χ2v) is 10.0. The van der Waals surface area contributed by atoms with Gasteiger partial charge in [0.15, 0.2) is 0 Å². The monoisotopic (exact) mass is 466 g/mol.